The number of aromatic carboxylic acids is 1. The highest BCUT2D eigenvalue weighted by Gasteiger charge is 2.26. The maximum absolute atomic E-state index is 12.2. The molecule has 0 atom stereocenters. The second-order valence-electron chi connectivity index (χ2n) is 5.80. The molecule has 3 rings (SSSR count). The zero-order chi connectivity index (χ0) is 20.3. The summed E-state index contributed by atoms with van der Waals surface area (Å²) in [5.41, 5.74) is 1.30. The van der Waals surface area contributed by atoms with Crippen LogP contribution in [0.5, 0.6) is 17.2 Å². The lowest BCUT2D eigenvalue weighted by Gasteiger charge is -2.18. The van der Waals surface area contributed by atoms with E-state index in [0.717, 1.165) is 4.70 Å². The van der Waals surface area contributed by atoms with Gasteiger partial charge in [-0.2, -0.15) is 0 Å². The Kier molecular flexibility index (Phi) is 6.03. The molecule has 28 heavy (non-hydrogen) atoms. The number of hydrogen-bond donors (Lipinski definition) is 2. The van der Waals surface area contributed by atoms with E-state index in [1.165, 1.54) is 32.7 Å². The topological polar surface area (TPSA) is 94.5 Å². The maximum Gasteiger partial charge on any atom is 0.336 e. The fourth-order valence-electron chi connectivity index (χ4n) is 3.16. The number of rotatable bonds is 8. The van der Waals surface area contributed by atoms with Gasteiger partial charge in [0.05, 0.1) is 26.4 Å². The summed E-state index contributed by atoms with van der Waals surface area (Å²) in [5, 5.41) is 22.5. The summed E-state index contributed by atoms with van der Waals surface area (Å²) in [6.45, 7) is -0.556. The molecule has 0 aliphatic carbocycles. The quantitative estimate of drug-likeness (QED) is 0.552. The zero-order valence-electron chi connectivity index (χ0n) is 15.6. The van der Waals surface area contributed by atoms with Crippen molar-refractivity contribution in [1.29, 1.82) is 0 Å². The normalized spacial score (nSPS) is 10.9. The number of methoxy groups -OCH3 is 3. The van der Waals surface area contributed by atoms with Crippen molar-refractivity contribution in [2.45, 2.75) is 6.61 Å². The number of benzene rings is 2. The standard InChI is InChI=1S/C20H20O7S/c1-24-10-27-18-12-6-7-28-19(12)16(17(20(22)23)13(18)9-21)11-4-5-14(25-2)15(8-11)26-3/h4-8,21H,9-10H2,1-3H3,(H,22,23). The van der Waals surface area contributed by atoms with Crippen molar-refractivity contribution in [3.8, 4) is 28.4 Å². The van der Waals surface area contributed by atoms with Crippen LogP contribution in [0.15, 0.2) is 29.6 Å². The van der Waals surface area contributed by atoms with E-state index in [-0.39, 0.29) is 17.9 Å². The second-order valence-corrected chi connectivity index (χ2v) is 6.72. The Morgan fingerprint density at radius 2 is 1.86 bits per heavy atom. The molecule has 3 aromatic rings. The van der Waals surface area contributed by atoms with Gasteiger partial charge in [-0.15, -0.1) is 11.3 Å². The number of aliphatic hydroxyl groups is 1. The van der Waals surface area contributed by atoms with E-state index in [1.54, 1.807) is 18.2 Å². The predicted molar refractivity (Wildman–Crippen MR) is 106 cm³/mol. The van der Waals surface area contributed by atoms with E-state index in [4.69, 9.17) is 18.9 Å². The first kappa shape index (κ1) is 19.9. The minimum atomic E-state index is -1.16. The van der Waals surface area contributed by atoms with Crippen molar-refractivity contribution in [3.63, 3.8) is 0 Å². The molecule has 0 saturated carbocycles. The Balaban J connectivity index is 2.38. The van der Waals surface area contributed by atoms with Gasteiger partial charge in [0.15, 0.2) is 18.3 Å². The fourth-order valence-corrected chi connectivity index (χ4v) is 4.12. The van der Waals surface area contributed by atoms with Crippen LogP contribution in [0.2, 0.25) is 0 Å². The van der Waals surface area contributed by atoms with Crippen molar-refractivity contribution in [1.82, 2.24) is 0 Å². The number of aliphatic hydroxyl groups excluding tert-OH is 1. The number of thiophene rings is 1. The first-order chi connectivity index (χ1) is 13.6. The number of hydrogen-bond acceptors (Lipinski definition) is 7. The van der Waals surface area contributed by atoms with Crippen LogP contribution in [0.4, 0.5) is 0 Å². The largest absolute Gasteiger partial charge is 0.493 e. The summed E-state index contributed by atoms with van der Waals surface area (Å²) in [7, 11) is 4.52. The first-order valence-corrected chi connectivity index (χ1v) is 9.19. The van der Waals surface area contributed by atoms with E-state index < -0.39 is 12.6 Å². The molecule has 0 unspecified atom stereocenters. The van der Waals surface area contributed by atoms with Gasteiger partial charge in [-0.05, 0) is 29.1 Å². The average molecular weight is 404 g/mol. The molecule has 148 valence electrons. The van der Waals surface area contributed by atoms with E-state index in [2.05, 4.69) is 0 Å². The highest BCUT2D eigenvalue weighted by atomic mass is 32.1. The van der Waals surface area contributed by atoms with Crippen molar-refractivity contribution in [2.75, 3.05) is 28.1 Å². The Bertz CT molecular complexity index is 1010. The van der Waals surface area contributed by atoms with Crippen LogP contribution in [0.1, 0.15) is 15.9 Å². The highest BCUT2D eigenvalue weighted by molar-refractivity contribution is 7.17. The lowest BCUT2D eigenvalue weighted by molar-refractivity contribution is 0.0501. The molecular formula is C20H20O7S. The number of carbonyl (C=O) groups is 1. The molecule has 2 N–H and O–H groups in total. The molecule has 8 heteroatoms. The van der Waals surface area contributed by atoms with Gasteiger partial charge in [0.25, 0.3) is 0 Å². The molecule has 0 aliphatic rings. The molecule has 0 fully saturated rings. The second kappa shape index (κ2) is 8.47. The van der Waals surface area contributed by atoms with Gasteiger partial charge >= 0.3 is 5.97 Å². The fraction of sp³-hybridized carbons (Fsp3) is 0.250. The molecule has 0 spiro atoms. The molecule has 2 aromatic carbocycles. The van der Waals surface area contributed by atoms with Gasteiger partial charge in [0.1, 0.15) is 5.75 Å². The molecule has 0 amide bonds. The predicted octanol–water partition coefficient (Wildman–Crippen LogP) is 3.76. The number of ether oxygens (including phenoxy) is 4. The van der Waals surface area contributed by atoms with Gasteiger partial charge in [0, 0.05) is 28.3 Å². The van der Waals surface area contributed by atoms with Crippen LogP contribution >= 0.6 is 11.3 Å². The van der Waals surface area contributed by atoms with Gasteiger partial charge in [0.2, 0.25) is 0 Å². The van der Waals surface area contributed by atoms with Gasteiger partial charge in [-0.25, -0.2) is 4.79 Å². The lowest BCUT2D eigenvalue weighted by Crippen LogP contribution is -2.10. The summed E-state index contributed by atoms with van der Waals surface area (Å²) in [6, 6.07) is 7.03. The van der Waals surface area contributed by atoms with Crippen LogP contribution in [0.25, 0.3) is 21.2 Å². The molecule has 7 nitrogen and oxygen atoms in total. The van der Waals surface area contributed by atoms with E-state index >= 15 is 0 Å². The molecule has 0 bridgehead atoms. The molecule has 0 saturated heterocycles. The van der Waals surface area contributed by atoms with Crippen LogP contribution in [0.3, 0.4) is 0 Å². The van der Waals surface area contributed by atoms with Crippen molar-refractivity contribution in [2.24, 2.45) is 0 Å². The number of fused-ring (bicyclic) bond motifs is 1. The third-order valence-corrected chi connectivity index (χ3v) is 5.26. The SMILES string of the molecule is COCOc1c(CO)c(C(=O)O)c(-c2ccc(OC)c(OC)c2)c2sccc12. The Morgan fingerprint density at radius 3 is 2.46 bits per heavy atom. The lowest BCUT2D eigenvalue weighted by atomic mass is 9.92. The molecule has 1 heterocycles. The van der Waals surface area contributed by atoms with Crippen LogP contribution < -0.4 is 14.2 Å². The van der Waals surface area contributed by atoms with Crippen LogP contribution in [-0.2, 0) is 11.3 Å². The molecule has 1 aromatic heterocycles. The zero-order valence-corrected chi connectivity index (χ0v) is 16.5. The highest BCUT2D eigenvalue weighted by Crippen LogP contribution is 2.45. The summed E-state index contributed by atoms with van der Waals surface area (Å²) in [5.74, 6) is 0.160. The maximum atomic E-state index is 12.2. The Morgan fingerprint density at radius 1 is 1.11 bits per heavy atom. The van der Waals surface area contributed by atoms with E-state index in [1.807, 2.05) is 11.4 Å². The molecule has 0 radical (unpaired) electrons. The van der Waals surface area contributed by atoms with Crippen molar-refractivity contribution < 1.29 is 34.0 Å². The molecule has 0 aliphatic heterocycles. The third kappa shape index (κ3) is 3.37. The van der Waals surface area contributed by atoms with E-state index in [0.29, 0.717) is 33.8 Å². The van der Waals surface area contributed by atoms with Gasteiger partial charge in [-0.1, -0.05) is 6.07 Å². The smallest absolute Gasteiger partial charge is 0.336 e. The first-order valence-electron chi connectivity index (χ1n) is 8.31. The minimum absolute atomic E-state index is 0.0178. The van der Waals surface area contributed by atoms with Crippen molar-refractivity contribution in [3.05, 3.63) is 40.8 Å². The number of carboxylic acids is 1. The Hall–Kier alpha value is -2.81. The van der Waals surface area contributed by atoms with Crippen molar-refractivity contribution >= 4 is 27.4 Å². The molecular weight excluding hydrogens is 384 g/mol. The summed E-state index contributed by atoms with van der Waals surface area (Å²) in [4.78, 5) is 12.2. The third-order valence-electron chi connectivity index (χ3n) is 4.33. The monoisotopic (exact) mass is 404 g/mol. The summed E-state index contributed by atoms with van der Waals surface area (Å²) < 4.78 is 22.0. The summed E-state index contributed by atoms with van der Waals surface area (Å²) >= 11 is 1.39. The van der Waals surface area contributed by atoms with Crippen LogP contribution in [0, 0.1) is 0 Å². The van der Waals surface area contributed by atoms with Crippen LogP contribution in [-0.4, -0.2) is 44.3 Å². The van der Waals surface area contributed by atoms with Gasteiger partial charge < -0.3 is 29.2 Å². The Labute approximate surface area is 165 Å². The number of carboxylic acid groups (broad SMARTS) is 1. The summed E-state index contributed by atoms with van der Waals surface area (Å²) in [6.07, 6.45) is 0. The average Bonchev–Trinajstić information content (AvgIpc) is 3.19. The minimum Gasteiger partial charge on any atom is -0.493 e. The van der Waals surface area contributed by atoms with Gasteiger partial charge in [-0.3, -0.25) is 0 Å². The van der Waals surface area contributed by atoms with E-state index in [9.17, 15) is 15.0 Å².